The molecule has 0 spiro atoms. The Balaban J connectivity index is 1.04. The van der Waals surface area contributed by atoms with E-state index >= 15 is 0 Å². The molecule has 1 amide bonds. The number of sulfonamides is 1. The fourth-order valence-corrected chi connectivity index (χ4v) is 7.12. The van der Waals surface area contributed by atoms with Crippen molar-refractivity contribution < 1.29 is 17.6 Å². The number of benzene rings is 2. The lowest BCUT2D eigenvalue weighted by atomic mass is 9.96. The Kier molecular flexibility index (Phi) is 7.06. The smallest absolute Gasteiger partial charge is 0.237 e. The van der Waals surface area contributed by atoms with Crippen LogP contribution in [-0.2, 0) is 27.9 Å². The first-order valence-electron chi connectivity index (χ1n) is 14.4. The van der Waals surface area contributed by atoms with Crippen molar-refractivity contribution in [3.05, 3.63) is 84.2 Å². The van der Waals surface area contributed by atoms with Crippen molar-refractivity contribution in [3.63, 3.8) is 0 Å². The molecule has 2 fully saturated rings. The van der Waals surface area contributed by atoms with E-state index in [-0.39, 0.29) is 17.6 Å². The summed E-state index contributed by atoms with van der Waals surface area (Å²) >= 11 is 0. The number of carbonyl (C=O) groups is 1. The zero-order valence-electron chi connectivity index (χ0n) is 23.4. The highest BCUT2D eigenvalue weighted by Gasteiger charge is 2.38. The number of halogens is 1. The van der Waals surface area contributed by atoms with Crippen molar-refractivity contribution in [1.29, 1.82) is 0 Å². The molecule has 222 valence electrons. The maximum Gasteiger partial charge on any atom is 0.237 e. The number of piperidine rings is 1. The number of nitrogens with one attached hydrogen (secondary N) is 2. The molecule has 0 radical (unpaired) electrons. The molecule has 13 heteroatoms. The zero-order chi connectivity index (χ0) is 29.6. The van der Waals surface area contributed by atoms with Crippen LogP contribution in [0, 0.1) is 11.7 Å². The number of hydrogen-bond acceptors (Lipinski definition) is 8. The number of carbonyl (C=O) groups excluding carboxylic acids is 1. The van der Waals surface area contributed by atoms with Gasteiger partial charge in [-0.3, -0.25) is 19.1 Å². The van der Waals surface area contributed by atoms with Gasteiger partial charge >= 0.3 is 0 Å². The summed E-state index contributed by atoms with van der Waals surface area (Å²) in [5, 5.41) is 12.9. The van der Waals surface area contributed by atoms with Crippen LogP contribution in [0.3, 0.4) is 0 Å². The number of likely N-dealkylation sites (tertiary alicyclic amines) is 1. The number of nitrogens with zero attached hydrogens (tertiary/aromatic N) is 6. The fourth-order valence-electron chi connectivity index (χ4n) is 5.75. The highest BCUT2D eigenvalue weighted by Crippen LogP contribution is 2.30. The molecule has 4 heterocycles. The van der Waals surface area contributed by atoms with Gasteiger partial charge in [-0.2, -0.15) is 10.2 Å². The molecule has 0 unspecified atom stereocenters. The summed E-state index contributed by atoms with van der Waals surface area (Å²) in [6, 6.07) is 14.5. The minimum Gasteiger partial charge on any atom is -0.338 e. The van der Waals surface area contributed by atoms with Gasteiger partial charge in [0.1, 0.15) is 17.7 Å². The lowest BCUT2D eigenvalue weighted by molar-refractivity contribution is -0.124. The largest absolute Gasteiger partial charge is 0.338 e. The van der Waals surface area contributed by atoms with Gasteiger partial charge in [-0.1, -0.05) is 12.1 Å². The van der Waals surface area contributed by atoms with E-state index in [1.807, 2.05) is 41.2 Å². The number of anilines is 2. The Morgan fingerprint density at radius 2 is 1.84 bits per heavy atom. The van der Waals surface area contributed by atoms with E-state index in [1.54, 1.807) is 16.8 Å². The number of aromatic nitrogens is 5. The lowest BCUT2D eigenvalue weighted by Gasteiger charge is -2.31. The Bertz CT molecular complexity index is 1930. The lowest BCUT2D eigenvalue weighted by Crippen LogP contribution is -2.43. The molecule has 11 nitrogen and oxygen atoms in total. The van der Waals surface area contributed by atoms with E-state index in [2.05, 4.69) is 30.1 Å². The van der Waals surface area contributed by atoms with E-state index in [1.165, 1.54) is 18.5 Å². The van der Waals surface area contributed by atoms with Gasteiger partial charge in [-0.15, -0.1) is 0 Å². The van der Waals surface area contributed by atoms with Gasteiger partial charge in [0.25, 0.3) is 0 Å². The van der Waals surface area contributed by atoms with Crippen LogP contribution < -0.4 is 10.0 Å². The molecule has 1 saturated heterocycles. The molecule has 3 aromatic heterocycles. The van der Waals surface area contributed by atoms with Crippen LogP contribution in [0.2, 0.25) is 0 Å². The van der Waals surface area contributed by atoms with Crippen molar-refractivity contribution in [2.75, 3.05) is 18.4 Å². The normalized spacial score (nSPS) is 16.6. The standard InChI is InChI=1S/C30H31FN8O3S/c31-24-3-1-2-20(14-24)17-39-27-7-4-25(15-23(27)16-33-39)35-29-28-22(10-13-38(28)34-19-32-29)18-37-11-8-21(9-12-37)30(40)36-43(41,42)26-5-6-26/h1-4,7,10,13-16,19,21,26H,5-6,8-9,11-12,17-18H2,(H,36,40)(H,32,34,35). The Morgan fingerprint density at radius 3 is 2.63 bits per heavy atom. The first-order chi connectivity index (χ1) is 20.8. The van der Waals surface area contributed by atoms with Gasteiger partial charge in [-0.05, 0) is 86.3 Å². The molecular formula is C30H31FN8O3S. The van der Waals surface area contributed by atoms with Crippen LogP contribution in [0.15, 0.2) is 67.3 Å². The van der Waals surface area contributed by atoms with Crippen LogP contribution in [0.1, 0.15) is 36.8 Å². The predicted octanol–water partition coefficient (Wildman–Crippen LogP) is 3.83. The molecule has 0 atom stereocenters. The fraction of sp³-hybridized carbons (Fsp3) is 0.333. The van der Waals surface area contributed by atoms with Gasteiger partial charge in [0.15, 0.2) is 5.82 Å². The van der Waals surface area contributed by atoms with Crippen molar-refractivity contribution in [1.82, 2.24) is 34.0 Å². The maximum atomic E-state index is 13.6. The number of amides is 1. The maximum absolute atomic E-state index is 13.6. The molecule has 7 rings (SSSR count). The molecule has 2 aliphatic rings. The number of fused-ring (bicyclic) bond motifs is 2. The summed E-state index contributed by atoms with van der Waals surface area (Å²) in [7, 11) is -3.52. The minimum absolute atomic E-state index is 0.269. The van der Waals surface area contributed by atoms with Crippen LogP contribution in [0.5, 0.6) is 0 Å². The molecule has 0 bridgehead atoms. The quantitative estimate of drug-likeness (QED) is 0.261. The average Bonchev–Trinajstić information content (AvgIpc) is 3.69. The number of rotatable bonds is 9. The van der Waals surface area contributed by atoms with E-state index in [0.29, 0.717) is 57.7 Å². The highest BCUT2D eigenvalue weighted by atomic mass is 32.2. The Labute approximate surface area is 247 Å². The predicted molar refractivity (Wildman–Crippen MR) is 160 cm³/mol. The third-order valence-electron chi connectivity index (χ3n) is 8.22. The van der Waals surface area contributed by atoms with Crippen LogP contribution in [-0.4, -0.2) is 61.9 Å². The van der Waals surface area contributed by atoms with Crippen LogP contribution >= 0.6 is 0 Å². The van der Waals surface area contributed by atoms with Gasteiger partial charge in [-0.25, -0.2) is 22.3 Å². The van der Waals surface area contributed by atoms with Gasteiger partial charge in [0, 0.05) is 29.7 Å². The molecule has 43 heavy (non-hydrogen) atoms. The SMILES string of the molecule is O=C(NS(=O)(=O)C1CC1)C1CCN(Cc2ccn3ncnc(Nc4ccc5c(cnn5Cc5cccc(F)c5)c4)c23)CC1. The molecule has 1 aliphatic heterocycles. The zero-order valence-corrected chi connectivity index (χ0v) is 24.2. The number of hydrogen-bond donors (Lipinski definition) is 2. The second kappa shape index (κ2) is 11.0. The van der Waals surface area contributed by atoms with Gasteiger partial charge in [0.2, 0.25) is 15.9 Å². The highest BCUT2D eigenvalue weighted by molar-refractivity contribution is 7.90. The summed E-state index contributed by atoms with van der Waals surface area (Å²) < 4.78 is 43.9. The molecular weight excluding hydrogens is 571 g/mol. The second-order valence-corrected chi connectivity index (χ2v) is 13.3. The van der Waals surface area contributed by atoms with E-state index in [4.69, 9.17) is 0 Å². The topological polar surface area (TPSA) is 127 Å². The second-order valence-electron chi connectivity index (χ2n) is 11.3. The third kappa shape index (κ3) is 5.82. The van der Waals surface area contributed by atoms with E-state index < -0.39 is 15.3 Å². The van der Waals surface area contributed by atoms with Crippen LogP contribution in [0.25, 0.3) is 16.4 Å². The monoisotopic (exact) mass is 602 g/mol. The summed E-state index contributed by atoms with van der Waals surface area (Å²) in [5.74, 6) is -0.280. The van der Waals surface area contributed by atoms with Crippen LogP contribution in [0.4, 0.5) is 15.9 Å². The summed E-state index contributed by atoms with van der Waals surface area (Å²) in [4.78, 5) is 19.4. The molecule has 1 saturated carbocycles. The first kappa shape index (κ1) is 27.5. The molecule has 2 aromatic carbocycles. The molecule has 1 aliphatic carbocycles. The third-order valence-corrected chi connectivity index (χ3v) is 10.1. The van der Waals surface area contributed by atoms with E-state index in [0.717, 1.165) is 33.2 Å². The van der Waals surface area contributed by atoms with E-state index in [9.17, 15) is 17.6 Å². The summed E-state index contributed by atoms with van der Waals surface area (Å²) in [6.45, 7) is 2.49. The molecule has 2 N–H and O–H groups in total. The molecule has 5 aromatic rings. The van der Waals surface area contributed by atoms with Gasteiger partial charge < -0.3 is 5.32 Å². The first-order valence-corrected chi connectivity index (χ1v) is 15.9. The average molecular weight is 603 g/mol. The Hall–Kier alpha value is -4.36. The van der Waals surface area contributed by atoms with Crippen molar-refractivity contribution in [2.24, 2.45) is 5.92 Å². The summed E-state index contributed by atoms with van der Waals surface area (Å²) in [6.07, 6.45) is 7.67. The Morgan fingerprint density at radius 1 is 1.00 bits per heavy atom. The minimum atomic E-state index is -3.52. The van der Waals surface area contributed by atoms with Crippen molar-refractivity contribution in [2.45, 2.75) is 44.0 Å². The van der Waals surface area contributed by atoms with Crippen molar-refractivity contribution in [3.8, 4) is 0 Å². The summed E-state index contributed by atoms with van der Waals surface area (Å²) in [5.41, 5.74) is 4.53. The van der Waals surface area contributed by atoms with Crippen molar-refractivity contribution >= 4 is 43.9 Å². The van der Waals surface area contributed by atoms with Gasteiger partial charge in [0.05, 0.1) is 23.5 Å².